The van der Waals surface area contributed by atoms with Crippen LogP contribution in [-0.4, -0.2) is 91.6 Å². The van der Waals surface area contributed by atoms with Crippen LogP contribution in [0.5, 0.6) is 11.5 Å². The second-order valence-electron chi connectivity index (χ2n) is 11.3. The zero-order chi connectivity index (χ0) is 46.3. The third-order valence-corrected chi connectivity index (χ3v) is 11.5. The number of aliphatic carboxylic acids is 1. The van der Waals surface area contributed by atoms with Crippen molar-refractivity contribution >= 4 is 129 Å². The molecule has 4 aromatic carbocycles. The average Bonchev–Trinajstić information content (AvgIpc) is 3.18. The molecule has 10 N–H and O–H groups in total. The largest absolute Gasteiger partial charge is 0.506 e. The van der Waals surface area contributed by atoms with Gasteiger partial charge in [-0.2, -0.15) is 45.3 Å². The van der Waals surface area contributed by atoms with Gasteiger partial charge >= 0.3 is 16.4 Å². The van der Waals surface area contributed by atoms with Crippen LogP contribution >= 0.6 is 47.2 Å². The van der Waals surface area contributed by atoms with Gasteiger partial charge in [0, 0.05) is 44.1 Å². The molecule has 35 heteroatoms. The molecule has 1 radical (unpaired) electrons. The maximum atomic E-state index is 12.8. The van der Waals surface area contributed by atoms with Gasteiger partial charge in [0.15, 0.2) is 17.0 Å². The molecule has 65 heavy (non-hydrogen) atoms. The zero-order valence-electron chi connectivity index (χ0n) is 31.2. The molecule has 0 aliphatic carbocycles. The molecule has 0 aliphatic heterocycles. The number of hydrogen-bond acceptors (Lipinski definition) is 25. The minimum atomic E-state index is -5.18. The van der Waals surface area contributed by atoms with Crippen LogP contribution in [0.15, 0.2) is 93.7 Å². The van der Waals surface area contributed by atoms with Crippen molar-refractivity contribution in [1.29, 1.82) is 0 Å². The maximum absolute atomic E-state index is 12.8. The predicted molar refractivity (Wildman–Crippen MR) is 221 cm³/mol. The number of halogens is 1. The summed E-state index contributed by atoms with van der Waals surface area (Å²) >= 11 is 7.41. The Kier molecular flexibility index (Phi) is 19.2. The summed E-state index contributed by atoms with van der Waals surface area (Å²) in [6.45, 7) is 1.48. The molecule has 0 saturated heterocycles. The summed E-state index contributed by atoms with van der Waals surface area (Å²) in [7, 11) is -15.0. The number of aryl methyl sites for hydroxylation is 1. The van der Waals surface area contributed by atoms with E-state index in [-0.39, 0.29) is 94.6 Å². The molecule has 5 rings (SSSR count). The first kappa shape index (κ1) is 54.3. The van der Waals surface area contributed by atoms with Crippen molar-refractivity contribution in [1.82, 2.24) is 15.0 Å². The fourth-order valence-electron chi connectivity index (χ4n) is 4.75. The number of aromatic hydroxyl groups is 2. The average molecular weight is 1090 g/mol. The molecule has 1 heterocycles. The van der Waals surface area contributed by atoms with Crippen LogP contribution in [0.2, 0.25) is 5.28 Å². The summed E-state index contributed by atoms with van der Waals surface area (Å²) in [4.78, 5) is 24.8. The molecule has 0 unspecified atom stereocenters. The topological polar surface area (TPSA) is 430 Å². The van der Waals surface area contributed by atoms with Crippen LogP contribution in [0.3, 0.4) is 0 Å². The molecular formula is C30H23ClCuN8O19S6. The second-order valence-corrected chi connectivity index (χ2v) is 18.0. The third-order valence-electron chi connectivity index (χ3n) is 7.15. The number of hydrogen-bond donors (Lipinski definition) is 8. The Morgan fingerprint density at radius 3 is 2.22 bits per heavy atom. The molecule has 0 bridgehead atoms. The fraction of sp³-hybridized carbons (Fsp3) is 0.0667. The number of benzene rings is 4. The Morgan fingerprint density at radius 1 is 0.877 bits per heavy atom. The summed E-state index contributed by atoms with van der Waals surface area (Å²) in [6.07, 6.45) is 1.76. The minimum absolute atomic E-state index is 0. The molecule has 0 saturated carbocycles. The van der Waals surface area contributed by atoms with E-state index >= 15 is 0 Å². The number of phenols is 2. The number of thioether (sulfide) groups is 2. The van der Waals surface area contributed by atoms with Crippen molar-refractivity contribution in [3.05, 3.63) is 59.4 Å². The molecule has 1 aromatic heterocycles. The summed E-state index contributed by atoms with van der Waals surface area (Å²) in [5.74, 6) is -3.37. The number of phenolic OH excluding ortho intramolecular Hbond substituents is 2. The first-order valence-electron chi connectivity index (χ1n) is 15.8. The van der Waals surface area contributed by atoms with Crippen molar-refractivity contribution < 1.29 is 105 Å². The summed E-state index contributed by atoms with van der Waals surface area (Å²) < 4.78 is 107. The van der Waals surface area contributed by atoms with Gasteiger partial charge in [0.05, 0.1) is 34.1 Å². The van der Waals surface area contributed by atoms with E-state index in [2.05, 4.69) is 64.6 Å². The molecule has 27 nitrogen and oxygen atoms in total. The van der Waals surface area contributed by atoms with Crippen molar-refractivity contribution in [2.75, 3.05) is 11.1 Å². The summed E-state index contributed by atoms with van der Waals surface area (Å²) in [6, 6.07) is 9.00. The van der Waals surface area contributed by atoms with Crippen LogP contribution in [0, 0.1) is 18.3 Å². The first-order valence-corrected chi connectivity index (χ1v) is 23.0. The van der Waals surface area contributed by atoms with E-state index in [1.807, 2.05) is 0 Å². The summed E-state index contributed by atoms with van der Waals surface area (Å²) in [5, 5.41) is 63.0. The maximum Gasteiger partial charge on any atom is 0.433 e. The number of anilines is 2. The van der Waals surface area contributed by atoms with Gasteiger partial charge in [-0.25, -0.2) is 5.26 Å². The molecule has 5 aromatic rings. The van der Waals surface area contributed by atoms with Crippen molar-refractivity contribution in [2.24, 2.45) is 20.5 Å². The Balaban J connectivity index is 0.00000561. The Bertz CT molecular complexity index is 3110. The van der Waals surface area contributed by atoms with Gasteiger partial charge in [0.1, 0.15) is 32.6 Å². The van der Waals surface area contributed by atoms with Gasteiger partial charge in [-0.3, -0.25) is 23.3 Å². The van der Waals surface area contributed by atoms with E-state index in [0.29, 0.717) is 23.5 Å². The normalized spacial score (nSPS) is 11.8. The van der Waals surface area contributed by atoms with E-state index < -0.39 is 74.6 Å². The van der Waals surface area contributed by atoms with E-state index in [9.17, 15) is 49.4 Å². The molecule has 0 spiro atoms. The SMILES string of the molecule is Cc1cc(N=Nc2c(SOOO)cc3c(S(=O)(=O)O)c(Nc4nc(Cl)nc(SCC(=O)O)n4)ccc3c2O)c(O)cc1N=Nc1ccc(SC#COOS(=O)(=O)O)cc1S(=O)(=O)O.O.[Cu]. The van der Waals surface area contributed by atoms with E-state index in [4.69, 9.17) is 26.5 Å². The number of azo groups is 2. The van der Waals surface area contributed by atoms with Gasteiger partial charge in [-0.05, 0) is 82.6 Å². The fourth-order valence-corrected chi connectivity index (χ4v) is 8.20. The van der Waals surface area contributed by atoms with Crippen LogP contribution in [0.4, 0.5) is 34.4 Å². The number of rotatable bonds is 17. The molecular weight excluding hydrogens is 1070 g/mol. The number of aromatic nitrogens is 3. The molecule has 351 valence electrons. The van der Waals surface area contributed by atoms with Crippen LogP contribution < -0.4 is 5.32 Å². The van der Waals surface area contributed by atoms with E-state index in [1.54, 1.807) is 6.11 Å². The molecule has 0 fully saturated rings. The standard InChI is InChI=1S/C30H21ClN8O18S6.Cu.H2O/c1-13-8-20(21(40)11-19(13)37-36-17-4-2-14(9-23(17)61(45,46)47)58-7-6-54-57-63(51,52)53)38-39-25-22(60-56-55-44)10-16-15(26(25)43)3-5-18(27(16)62(48,49)50)32-29-33-28(31)34-30(35-29)59-12-24(41)42;;/h2-5,8-11,40,43-44H,12H2,1H3,(H,41,42)(H,45,46,47)(H,48,49,50)(H,51,52,53)(H,32,33,34,35);;1H2. The molecule has 0 aliphatic rings. The van der Waals surface area contributed by atoms with E-state index in [0.717, 1.165) is 30.3 Å². The van der Waals surface area contributed by atoms with Gasteiger partial charge in [-0.15, -0.1) is 19.7 Å². The van der Waals surface area contributed by atoms with Gasteiger partial charge in [0.25, 0.3) is 20.2 Å². The predicted octanol–water partition coefficient (Wildman–Crippen LogP) is 6.00. The smallest absolute Gasteiger partial charge is 0.433 e. The summed E-state index contributed by atoms with van der Waals surface area (Å²) in [5.41, 5.74) is -1.20. The number of nitrogens with zero attached hydrogens (tertiary/aromatic N) is 7. The second kappa shape index (κ2) is 22.9. The Labute approximate surface area is 392 Å². The number of nitrogens with one attached hydrogen (secondary N) is 1. The number of carboxylic acid groups (broad SMARTS) is 1. The zero-order valence-corrected chi connectivity index (χ0v) is 37.8. The van der Waals surface area contributed by atoms with Gasteiger partial charge < -0.3 is 26.1 Å². The van der Waals surface area contributed by atoms with Gasteiger partial charge in [0.2, 0.25) is 11.2 Å². The third kappa shape index (κ3) is 15.0. The van der Waals surface area contributed by atoms with Crippen LogP contribution in [-0.2, 0) is 71.1 Å². The Hall–Kier alpha value is -5.03. The quantitative estimate of drug-likeness (QED) is 0.00772. The molecule has 0 amide bonds. The Morgan fingerprint density at radius 2 is 1.57 bits per heavy atom. The first-order chi connectivity index (χ1) is 29.5. The van der Waals surface area contributed by atoms with Crippen molar-refractivity contribution in [2.45, 2.75) is 31.7 Å². The minimum Gasteiger partial charge on any atom is -0.506 e. The molecule has 0 atom stereocenters. The van der Waals surface area contributed by atoms with E-state index in [1.165, 1.54) is 25.1 Å². The monoisotopic (exact) mass is 1090 g/mol. The number of fused-ring (bicyclic) bond motifs is 1. The van der Waals surface area contributed by atoms with Crippen LogP contribution in [0.25, 0.3) is 10.8 Å². The van der Waals surface area contributed by atoms with Crippen LogP contribution in [0.1, 0.15) is 5.56 Å². The van der Waals surface area contributed by atoms with Crippen molar-refractivity contribution in [3.63, 3.8) is 0 Å². The number of carbonyl (C=O) groups is 1. The van der Waals surface area contributed by atoms with Gasteiger partial charge in [-0.1, -0.05) is 16.8 Å². The van der Waals surface area contributed by atoms with Crippen molar-refractivity contribution in [3.8, 4) is 22.9 Å². The number of carboxylic acids is 1.